The number of fused-ring (bicyclic) bond motifs is 10. The van der Waals surface area contributed by atoms with Gasteiger partial charge < -0.3 is 9.47 Å². The first-order valence-electron chi connectivity index (χ1n) is 9.07. The van der Waals surface area contributed by atoms with Crippen LogP contribution in [0.3, 0.4) is 0 Å². The molecule has 6 saturated heterocycles. The van der Waals surface area contributed by atoms with Gasteiger partial charge in [-0.05, 0) is 25.7 Å². The van der Waals surface area contributed by atoms with Crippen LogP contribution >= 0.6 is 0 Å². The van der Waals surface area contributed by atoms with Gasteiger partial charge in [0.25, 0.3) is 0 Å². The van der Waals surface area contributed by atoms with E-state index in [1.807, 2.05) is 0 Å². The Bertz CT molecular complexity index is 621. The molecule has 0 saturated carbocycles. The third-order valence-electron chi connectivity index (χ3n) is 7.03. The molecule has 4 bridgehead atoms. The average Bonchev–Trinajstić information content (AvgIpc) is 3.40. The maximum atomic E-state index is 12.7. The zero-order valence-electron chi connectivity index (χ0n) is 13.5. The predicted molar refractivity (Wildman–Crippen MR) is 78.3 cm³/mol. The highest BCUT2D eigenvalue weighted by molar-refractivity contribution is 6.09. The Hall–Kier alpha value is -1.80. The SMILES string of the molecule is O=C1C2C3CCC(O3)C2C(=O)N1CN1C(=O)C2C3CCC(O3)C2C1=O. The van der Waals surface area contributed by atoms with E-state index >= 15 is 0 Å². The van der Waals surface area contributed by atoms with Crippen LogP contribution in [0.2, 0.25) is 0 Å². The van der Waals surface area contributed by atoms with Gasteiger partial charge >= 0.3 is 0 Å². The first-order valence-corrected chi connectivity index (χ1v) is 9.07. The third kappa shape index (κ3) is 1.56. The number of hydrogen-bond acceptors (Lipinski definition) is 6. The minimum Gasteiger partial charge on any atom is -0.373 e. The van der Waals surface area contributed by atoms with Crippen molar-refractivity contribution in [2.24, 2.45) is 23.7 Å². The van der Waals surface area contributed by atoms with Crippen LogP contribution in [0.4, 0.5) is 0 Å². The second-order valence-corrected chi connectivity index (χ2v) is 8.03. The molecule has 132 valence electrons. The Morgan fingerprint density at radius 2 is 0.880 bits per heavy atom. The van der Waals surface area contributed by atoms with Gasteiger partial charge in [-0.15, -0.1) is 0 Å². The molecule has 0 aromatic rings. The van der Waals surface area contributed by atoms with Crippen molar-refractivity contribution in [1.29, 1.82) is 0 Å². The minimum absolute atomic E-state index is 0.190. The minimum atomic E-state index is -0.432. The molecule has 0 radical (unpaired) electrons. The summed E-state index contributed by atoms with van der Waals surface area (Å²) in [6.07, 6.45) is 2.43. The van der Waals surface area contributed by atoms with Gasteiger partial charge in [0.05, 0.1) is 48.1 Å². The molecule has 8 atom stereocenters. The van der Waals surface area contributed by atoms with E-state index in [-0.39, 0.29) is 54.7 Å². The summed E-state index contributed by atoms with van der Waals surface area (Å²) in [5.74, 6) is -2.90. The van der Waals surface area contributed by atoms with Crippen molar-refractivity contribution < 1.29 is 28.7 Å². The van der Waals surface area contributed by atoms with Gasteiger partial charge in [-0.25, -0.2) is 0 Å². The standard InChI is InChI=1S/C17H18N2O6/c20-14-10-6-1-2-7(24-6)11(10)15(21)18(14)5-19-16(22)12-8-3-4-9(25-8)13(12)17(19)23/h6-13H,1-5H2. The smallest absolute Gasteiger partial charge is 0.237 e. The van der Waals surface area contributed by atoms with E-state index in [9.17, 15) is 19.2 Å². The van der Waals surface area contributed by atoms with Gasteiger partial charge in [-0.2, -0.15) is 0 Å². The molecule has 6 aliphatic heterocycles. The highest BCUT2D eigenvalue weighted by Crippen LogP contribution is 2.50. The summed E-state index contributed by atoms with van der Waals surface area (Å²) in [6, 6.07) is 0. The normalized spacial score (nSPS) is 49.8. The van der Waals surface area contributed by atoms with Crippen LogP contribution in [-0.2, 0) is 28.7 Å². The molecule has 6 fully saturated rings. The number of rotatable bonds is 2. The van der Waals surface area contributed by atoms with Crippen molar-refractivity contribution in [2.45, 2.75) is 50.1 Å². The lowest BCUT2D eigenvalue weighted by atomic mass is 9.81. The number of carbonyl (C=O) groups is 4. The average molecular weight is 346 g/mol. The summed E-state index contributed by atoms with van der Waals surface area (Å²) in [6.45, 7) is -0.242. The topological polar surface area (TPSA) is 93.2 Å². The number of imide groups is 2. The fraction of sp³-hybridized carbons (Fsp3) is 0.765. The molecule has 6 rings (SSSR count). The molecule has 6 aliphatic rings. The van der Waals surface area contributed by atoms with Crippen LogP contribution in [0, 0.1) is 23.7 Å². The Morgan fingerprint density at radius 3 is 1.16 bits per heavy atom. The Morgan fingerprint density at radius 1 is 0.600 bits per heavy atom. The number of carbonyl (C=O) groups excluding carboxylic acids is 4. The zero-order valence-corrected chi connectivity index (χ0v) is 13.5. The summed E-state index contributed by atoms with van der Waals surface area (Å²) in [4.78, 5) is 53.1. The Balaban J connectivity index is 1.27. The van der Waals surface area contributed by atoms with Gasteiger partial charge in [0.15, 0.2) is 0 Å². The Labute approximate surface area is 143 Å². The monoisotopic (exact) mass is 346 g/mol. The number of amides is 4. The number of hydrogen-bond donors (Lipinski definition) is 0. The lowest BCUT2D eigenvalue weighted by Crippen LogP contribution is -2.46. The lowest BCUT2D eigenvalue weighted by Gasteiger charge is -2.24. The fourth-order valence-electron chi connectivity index (χ4n) is 5.97. The van der Waals surface area contributed by atoms with Crippen molar-refractivity contribution in [1.82, 2.24) is 9.80 Å². The summed E-state index contributed by atoms with van der Waals surface area (Å²) in [5.41, 5.74) is 0. The van der Waals surface area contributed by atoms with Crippen molar-refractivity contribution in [3.63, 3.8) is 0 Å². The van der Waals surface area contributed by atoms with Crippen LogP contribution in [0.1, 0.15) is 25.7 Å². The molecule has 0 aromatic carbocycles. The fourth-order valence-corrected chi connectivity index (χ4v) is 5.97. The van der Waals surface area contributed by atoms with Gasteiger partial charge in [-0.3, -0.25) is 29.0 Å². The third-order valence-corrected chi connectivity index (χ3v) is 7.03. The van der Waals surface area contributed by atoms with Crippen molar-refractivity contribution in [3.8, 4) is 0 Å². The first kappa shape index (κ1) is 14.4. The van der Waals surface area contributed by atoms with Crippen LogP contribution in [0.15, 0.2) is 0 Å². The van der Waals surface area contributed by atoms with E-state index in [1.54, 1.807) is 0 Å². The number of nitrogens with zero attached hydrogens (tertiary/aromatic N) is 2. The second-order valence-electron chi connectivity index (χ2n) is 8.03. The van der Waals surface area contributed by atoms with E-state index in [2.05, 4.69) is 0 Å². The van der Waals surface area contributed by atoms with Gasteiger partial charge in [-0.1, -0.05) is 0 Å². The molecule has 4 amide bonds. The highest BCUT2D eigenvalue weighted by Gasteiger charge is 2.65. The zero-order chi connectivity index (χ0) is 17.0. The summed E-state index contributed by atoms with van der Waals surface area (Å²) < 4.78 is 11.4. The molecule has 0 N–H and O–H groups in total. The summed E-state index contributed by atoms with van der Waals surface area (Å²) in [7, 11) is 0. The lowest BCUT2D eigenvalue weighted by molar-refractivity contribution is -0.151. The van der Waals surface area contributed by atoms with Gasteiger partial charge in [0.1, 0.15) is 6.67 Å². The van der Waals surface area contributed by atoms with E-state index in [1.165, 1.54) is 0 Å². The molecule has 8 heteroatoms. The molecular formula is C17H18N2O6. The molecule has 0 aromatic heterocycles. The van der Waals surface area contributed by atoms with E-state index in [0.29, 0.717) is 0 Å². The number of ether oxygens (including phenoxy) is 2. The summed E-state index contributed by atoms with van der Waals surface area (Å²) in [5, 5.41) is 0. The van der Waals surface area contributed by atoms with Crippen LogP contribution in [0.5, 0.6) is 0 Å². The molecule has 8 nitrogen and oxygen atoms in total. The van der Waals surface area contributed by atoms with Crippen LogP contribution < -0.4 is 0 Å². The Kier molecular flexibility index (Phi) is 2.58. The highest BCUT2D eigenvalue weighted by atomic mass is 16.5. The quantitative estimate of drug-likeness (QED) is 0.612. The first-order chi connectivity index (χ1) is 12.1. The molecule has 0 spiro atoms. The largest absolute Gasteiger partial charge is 0.373 e. The van der Waals surface area contributed by atoms with E-state index in [4.69, 9.17) is 9.47 Å². The predicted octanol–water partition coefficient (Wildman–Crippen LogP) is -0.731. The van der Waals surface area contributed by atoms with Crippen molar-refractivity contribution in [3.05, 3.63) is 0 Å². The maximum Gasteiger partial charge on any atom is 0.237 e. The van der Waals surface area contributed by atoms with Crippen molar-refractivity contribution >= 4 is 23.6 Å². The van der Waals surface area contributed by atoms with E-state index in [0.717, 1.165) is 35.5 Å². The van der Waals surface area contributed by atoms with Crippen molar-refractivity contribution in [2.75, 3.05) is 6.67 Å². The molecule has 25 heavy (non-hydrogen) atoms. The molecule has 0 aliphatic carbocycles. The van der Waals surface area contributed by atoms with Crippen LogP contribution in [0.25, 0.3) is 0 Å². The van der Waals surface area contributed by atoms with Gasteiger partial charge in [0, 0.05) is 0 Å². The van der Waals surface area contributed by atoms with E-state index < -0.39 is 23.7 Å². The summed E-state index contributed by atoms with van der Waals surface area (Å²) >= 11 is 0. The second kappa shape index (κ2) is 4.48. The molecule has 6 heterocycles. The molecular weight excluding hydrogens is 328 g/mol. The maximum absolute atomic E-state index is 12.7. The molecule has 8 unspecified atom stereocenters. The van der Waals surface area contributed by atoms with Crippen LogP contribution in [-0.4, -0.2) is 64.5 Å². The van der Waals surface area contributed by atoms with Gasteiger partial charge in [0.2, 0.25) is 23.6 Å². The number of likely N-dealkylation sites (tertiary alicyclic amines) is 2.